The summed E-state index contributed by atoms with van der Waals surface area (Å²) in [6, 6.07) is 19.8. The number of nitrogens with one attached hydrogen (secondary N) is 1. The number of hydrogen-bond donors (Lipinski definition) is 2. The maximum Gasteiger partial charge on any atom is 0.317 e. The van der Waals surface area contributed by atoms with E-state index in [9.17, 15) is 14.7 Å². The van der Waals surface area contributed by atoms with Crippen LogP contribution < -0.4 is 5.32 Å². The summed E-state index contributed by atoms with van der Waals surface area (Å²) in [5.41, 5.74) is 1.44. The van der Waals surface area contributed by atoms with Crippen LogP contribution >= 0.6 is 11.8 Å². The zero-order valence-electron chi connectivity index (χ0n) is 19.5. The van der Waals surface area contributed by atoms with Crippen molar-refractivity contribution in [2.24, 2.45) is 0 Å². The summed E-state index contributed by atoms with van der Waals surface area (Å²) < 4.78 is 0. The van der Waals surface area contributed by atoms with Gasteiger partial charge in [-0.2, -0.15) is 0 Å². The summed E-state index contributed by atoms with van der Waals surface area (Å²) in [5.74, 6) is -0.969. The molecule has 0 bridgehead atoms. The lowest BCUT2D eigenvalue weighted by molar-refractivity contribution is -0.136. The summed E-state index contributed by atoms with van der Waals surface area (Å²) in [5, 5.41) is 12.1. The van der Waals surface area contributed by atoms with Gasteiger partial charge in [0.05, 0.1) is 0 Å². The van der Waals surface area contributed by atoms with Crippen LogP contribution in [0, 0.1) is 0 Å². The zero-order chi connectivity index (χ0) is 23.3. The second-order valence-corrected chi connectivity index (χ2v) is 10.3. The van der Waals surface area contributed by atoms with Gasteiger partial charge >= 0.3 is 5.97 Å². The number of hydrogen-bond acceptors (Lipinski definition) is 4. The molecule has 0 unspecified atom stereocenters. The second kappa shape index (κ2) is 14.2. The average molecular weight is 468 g/mol. The molecule has 0 heterocycles. The van der Waals surface area contributed by atoms with Gasteiger partial charge in [-0.15, -0.1) is 0 Å². The van der Waals surface area contributed by atoms with Crippen molar-refractivity contribution in [3.63, 3.8) is 0 Å². The molecule has 0 amide bonds. The molecule has 2 aromatic carbocycles. The van der Waals surface area contributed by atoms with E-state index in [2.05, 4.69) is 5.32 Å². The molecule has 0 aliphatic heterocycles. The number of carboxylic acids is 1. The van der Waals surface area contributed by atoms with E-state index in [-0.39, 0.29) is 5.12 Å². The van der Waals surface area contributed by atoms with Gasteiger partial charge in [-0.05, 0) is 37.7 Å². The molecule has 33 heavy (non-hydrogen) atoms. The summed E-state index contributed by atoms with van der Waals surface area (Å²) in [6.07, 6.45) is 14.9. The van der Waals surface area contributed by atoms with E-state index in [1.54, 1.807) is 24.3 Å². The Morgan fingerprint density at radius 3 is 1.76 bits per heavy atom. The maximum atomic E-state index is 12.0. The van der Waals surface area contributed by atoms with Crippen LogP contribution in [0.15, 0.2) is 60.7 Å². The lowest BCUT2D eigenvalue weighted by Crippen LogP contribution is -2.40. The van der Waals surface area contributed by atoms with Crippen LogP contribution in [0.3, 0.4) is 0 Å². The van der Waals surface area contributed by atoms with Crippen LogP contribution in [0.25, 0.3) is 0 Å². The minimum absolute atomic E-state index is 0.214. The first-order valence-corrected chi connectivity index (χ1v) is 13.3. The number of carboxylic acid groups (broad SMARTS) is 1. The summed E-state index contributed by atoms with van der Waals surface area (Å²) >= 11 is 0.862. The van der Waals surface area contributed by atoms with Crippen LogP contribution in [-0.2, 0) is 11.2 Å². The van der Waals surface area contributed by atoms with Gasteiger partial charge in [0.2, 0.25) is 5.12 Å². The predicted octanol–water partition coefficient (Wildman–Crippen LogP) is 6.50. The van der Waals surface area contributed by atoms with Gasteiger partial charge in [-0.1, -0.05) is 111 Å². The molecule has 0 radical (unpaired) electrons. The van der Waals surface area contributed by atoms with E-state index in [4.69, 9.17) is 0 Å². The molecule has 2 aliphatic rings. The van der Waals surface area contributed by atoms with Crippen LogP contribution in [0.1, 0.15) is 80.1 Å². The summed E-state index contributed by atoms with van der Waals surface area (Å²) in [4.78, 5) is 23.3. The molecule has 4 rings (SSSR count). The first-order chi connectivity index (χ1) is 16.1. The second-order valence-electron chi connectivity index (χ2n) is 9.12. The van der Waals surface area contributed by atoms with Gasteiger partial charge in [-0.3, -0.25) is 9.59 Å². The van der Waals surface area contributed by atoms with Crippen molar-refractivity contribution in [3.05, 3.63) is 71.8 Å². The van der Waals surface area contributed by atoms with Crippen molar-refractivity contribution >= 4 is 22.8 Å². The monoisotopic (exact) mass is 467 g/mol. The highest BCUT2D eigenvalue weighted by molar-refractivity contribution is 8.15. The normalized spacial score (nSPS) is 18.1. The first-order valence-electron chi connectivity index (χ1n) is 12.4. The SMILES string of the molecule is C1CCC(NC2CCCCC2)CC1.O=C(S[C@@H](Cc1ccccc1)C(=O)O)c1ccccc1. The third-order valence-electron chi connectivity index (χ3n) is 6.48. The summed E-state index contributed by atoms with van der Waals surface area (Å²) in [7, 11) is 0. The molecule has 2 saturated carbocycles. The van der Waals surface area contributed by atoms with Crippen molar-refractivity contribution in [3.8, 4) is 0 Å². The van der Waals surface area contributed by atoms with Gasteiger partial charge in [0.15, 0.2) is 0 Å². The minimum Gasteiger partial charge on any atom is -0.480 e. The Bertz CT molecular complexity index is 815. The molecule has 178 valence electrons. The number of carbonyl (C=O) groups excluding carboxylic acids is 1. The molecule has 0 aromatic heterocycles. The molecule has 2 aliphatic carbocycles. The van der Waals surface area contributed by atoms with Crippen molar-refractivity contribution in [1.82, 2.24) is 5.32 Å². The Labute approximate surface area is 202 Å². The van der Waals surface area contributed by atoms with Crippen LogP contribution in [0.4, 0.5) is 0 Å². The fraction of sp³-hybridized carbons (Fsp3) is 0.500. The quantitative estimate of drug-likeness (QED) is 0.487. The molecule has 2 aromatic rings. The highest BCUT2D eigenvalue weighted by Crippen LogP contribution is 2.23. The van der Waals surface area contributed by atoms with Gasteiger partial charge < -0.3 is 10.4 Å². The lowest BCUT2D eigenvalue weighted by atomic mass is 9.91. The third-order valence-corrected chi connectivity index (χ3v) is 7.58. The van der Waals surface area contributed by atoms with E-state index in [0.717, 1.165) is 29.4 Å². The van der Waals surface area contributed by atoms with Gasteiger partial charge in [-0.25, -0.2) is 0 Å². The fourth-order valence-electron chi connectivity index (χ4n) is 4.65. The largest absolute Gasteiger partial charge is 0.480 e. The number of carbonyl (C=O) groups is 2. The van der Waals surface area contributed by atoms with Crippen molar-refractivity contribution in [1.29, 1.82) is 0 Å². The van der Waals surface area contributed by atoms with Crippen LogP contribution in [0.5, 0.6) is 0 Å². The third kappa shape index (κ3) is 9.34. The number of thioether (sulfide) groups is 1. The van der Waals surface area contributed by atoms with E-state index in [1.807, 2.05) is 36.4 Å². The number of aliphatic carboxylic acids is 1. The molecule has 1 atom stereocenters. The van der Waals surface area contributed by atoms with Crippen molar-refractivity contribution in [2.45, 2.75) is 88.0 Å². The van der Waals surface area contributed by atoms with E-state index in [1.165, 1.54) is 64.2 Å². The molecule has 0 saturated heterocycles. The van der Waals surface area contributed by atoms with Gasteiger partial charge in [0.1, 0.15) is 5.25 Å². The molecule has 0 spiro atoms. The Morgan fingerprint density at radius 1 is 0.788 bits per heavy atom. The van der Waals surface area contributed by atoms with Crippen molar-refractivity contribution < 1.29 is 14.7 Å². The molecule has 5 heteroatoms. The Kier molecular flexibility index (Phi) is 11.0. The lowest BCUT2D eigenvalue weighted by Gasteiger charge is -2.30. The maximum absolute atomic E-state index is 12.0. The van der Waals surface area contributed by atoms with E-state index in [0.29, 0.717) is 12.0 Å². The van der Waals surface area contributed by atoms with E-state index < -0.39 is 11.2 Å². The average Bonchev–Trinajstić information content (AvgIpc) is 2.86. The van der Waals surface area contributed by atoms with Crippen molar-refractivity contribution in [2.75, 3.05) is 0 Å². The van der Waals surface area contributed by atoms with Gasteiger partial charge in [0.25, 0.3) is 0 Å². The smallest absolute Gasteiger partial charge is 0.317 e. The van der Waals surface area contributed by atoms with Crippen LogP contribution in [0.2, 0.25) is 0 Å². The highest BCUT2D eigenvalue weighted by Gasteiger charge is 2.23. The first kappa shape index (κ1) is 25.5. The Morgan fingerprint density at radius 2 is 1.27 bits per heavy atom. The fourth-order valence-corrected chi connectivity index (χ4v) is 5.56. The standard InChI is InChI=1S/C16H14O3S.C12H23N/c17-15(18)14(11-12-7-3-1-4-8-12)20-16(19)13-9-5-2-6-10-13;1-3-7-11(8-4-1)13-12-9-5-2-6-10-12/h1-10,14H,11H2,(H,17,18);11-13H,1-10H2/t14-;/m0./s1. The highest BCUT2D eigenvalue weighted by atomic mass is 32.2. The summed E-state index contributed by atoms with van der Waals surface area (Å²) in [6.45, 7) is 0. The number of rotatable bonds is 7. The van der Waals surface area contributed by atoms with Gasteiger partial charge in [0, 0.05) is 17.6 Å². The minimum atomic E-state index is -0.969. The topological polar surface area (TPSA) is 66.4 Å². The molecule has 4 nitrogen and oxygen atoms in total. The Hall–Kier alpha value is -2.11. The van der Waals surface area contributed by atoms with E-state index >= 15 is 0 Å². The zero-order valence-corrected chi connectivity index (χ0v) is 20.3. The molecular formula is C28H37NO3S. The Balaban J connectivity index is 0.000000203. The molecular weight excluding hydrogens is 430 g/mol. The molecule has 2 N–H and O–H groups in total. The predicted molar refractivity (Wildman–Crippen MR) is 137 cm³/mol. The molecule has 2 fully saturated rings. The van der Waals surface area contributed by atoms with Crippen LogP contribution in [-0.4, -0.2) is 33.5 Å². The number of benzene rings is 2.